The molecular weight excluding hydrogens is 184 g/mol. The molecule has 0 unspecified atom stereocenters. The lowest BCUT2D eigenvalue weighted by atomic mass is 9.97. The van der Waals surface area contributed by atoms with Gasteiger partial charge in [0.25, 0.3) is 0 Å². The van der Waals surface area contributed by atoms with E-state index in [0.29, 0.717) is 6.04 Å². The van der Waals surface area contributed by atoms with Gasteiger partial charge in [-0.2, -0.15) is 0 Å². The van der Waals surface area contributed by atoms with Crippen molar-refractivity contribution in [1.82, 2.24) is 4.90 Å². The molecule has 1 aromatic rings. The minimum Gasteiger partial charge on any atom is -0.298 e. The number of benzene rings is 1. The van der Waals surface area contributed by atoms with Gasteiger partial charge in [0.05, 0.1) is 6.57 Å². The largest absolute Gasteiger partial charge is 0.298 e. The van der Waals surface area contributed by atoms with Crippen LogP contribution in [0.1, 0.15) is 25.0 Å². The van der Waals surface area contributed by atoms with Gasteiger partial charge in [-0.25, -0.2) is 4.85 Å². The number of rotatable bonds is 1. The van der Waals surface area contributed by atoms with Crippen LogP contribution in [0.5, 0.6) is 0 Å². The second-order valence-electron chi connectivity index (χ2n) is 4.34. The first-order valence-corrected chi connectivity index (χ1v) is 5.44. The quantitative estimate of drug-likeness (QED) is 0.632. The molecule has 2 heteroatoms. The van der Waals surface area contributed by atoms with Crippen molar-refractivity contribution in [3.05, 3.63) is 40.7 Å². The SMILES string of the molecule is [C-]#[N+]c1cccc2c1CN(C(C)C)CC2. The number of hydrogen-bond donors (Lipinski definition) is 0. The Balaban J connectivity index is 2.35. The maximum atomic E-state index is 7.16. The fourth-order valence-electron chi connectivity index (χ4n) is 2.13. The van der Waals surface area contributed by atoms with Crippen LogP contribution in [0.2, 0.25) is 0 Å². The fourth-order valence-corrected chi connectivity index (χ4v) is 2.13. The highest BCUT2D eigenvalue weighted by atomic mass is 15.1. The zero-order chi connectivity index (χ0) is 10.8. The van der Waals surface area contributed by atoms with E-state index in [0.717, 1.165) is 25.2 Å². The van der Waals surface area contributed by atoms with E-state index in [1.807, 2.05) is 12.1 Å². The molecule has 1 heterocycles. The summed E-state index contributed by atoms with van der Waals surface area (Å²) in [6.07, 6.45) is 1.08. The Labute approximate surface area is 91.3 Å². The summed E-state index contributed by atoms with van der Waals surface area (Å²) >= 11 is 0. The predicted octanol–water partition coefficient (Wildman–Crippen LogP) is 3.00. The summed E-state index contributed by atoms with van der Waals surface area (Å²) < 4.78 is 0. The van der Waals surface area contributed by atoms with Crippen molar-refractivity contribution < 1.29 is 0 Å². The van der Waals surface area contributed by atoms with Crippen molar-refractivity contribution in [3.63, 3.8) is 0 Å². The zero-order valence-corrected chi connectivity index (χ0v) is 9.33. The van der Waals surface area contributed by atoms with Crippen LogP contribution in [-0.4, -0.2) is 17.5 Å². The number of fused-ring (bicyclic) bond motifs is 1. The fraction of sp³-hybridized carbons (Fsp3) is 0.462. The van der Waals surface area contributed by atoms with Gasteiger partial charge in [-0.05, 0) is 25.8 Å². The van der Waals surface area contributed by atoms with Gasteiger partial charge in [-0.1, -0.05) is 23.8 Å². The average Bonchev–Trinajstić information content (AvgIpc) is 2.27. The lowest BCUT2D eigenvalue weighted by Crippen LogP contribution is -2.35. The molecule has 0 N–H and O–H groups in total. The molecule has 1 aromatic carbocycles. The van der Waals surface area contributed by atoms with Crippen LogP contribution in [-0.2, 0) is 13.0 Å². The van der Waals surface area contributed by atoms with Crippen LogP contribution in [0, 0.1) is 6.57 Å². The molecule has 0 aliphatic carbocycles. The van der Waals surface area contributed by atoms with Crippen LogP contribution >= 0.6 is 0 Å². The third-order valence-corrected chi connectivity index (χ3v) is 3.13. The molecule has 0 atom stereocenters. The first-order valence-electron chi connectivity index (χ1n) is 5.44. The molecular formula is C13H16N2. The lowest BCUT2D eigenvalue weighted by molar-refractivity contribution is 0.204. The molecule has 2 nitrogen and oxygen atoms in total. The molecule has 1 aliphatic rings. The van der Waals surface area contributed by atoms with Gasteiger partial charge in [0, 0.05) is 19.1 Å². The molecule has 1 aliphatic heterocycles. The van der Waals surface area contributed by atoms with E-state index >= 15 is 0 Å². The summed E-state index contributed by atoms with van der Waals surface area (Å²) in [4.78, 5) is 6.03. The summed E-state index contributed by atoms with van der Waals surface area (Å²) in [5.74, 6) is 0. The Morgan fingerprint density at radius 1 is 1.40 bits per heavy atom. The van der Waals surface area contributed by atoms with Crippen molar-refractivity contribution in [1.29, 1.82) is 0 Å². The minimum atomic E-state index is 0.567. The number of nitrogens with zero attached hydrogens (tertiary/aromatic N) is 2. The van der Waals surface area contributed by atoms with E-state index in [-0.39, 0.29) is 0 Å². The van der Waals surface area contributed by atoms with Gasteiger partial charge >= 0.3 is 0 Å². The standard InChI is InChI=1S/C13H16N2/c1-10(2)15-8-7-11-5-4-6-13(14-3)12(11)9-15/h4-6,10H,7-9H2,1-2H3. The second-order valence-corrected chi connectivity index (χ2v) is 4.34. The van der Waals surface area contributed by atoms with Crippen LogP contribution < -0.4 is 0 Å². The van der Waals surface area contributed by atoms with Crippen molar-refractivity contribution in [3.8, 4) is 0 Å². The molecule has 78 valence electrons. The summed E-state index contributed by atoms with van der Waals surface area (Å²) in [6, 6.07) is 6.64. The van der Waals surface area contributed by atoms with Gasteiger partial charge in [0.15, 0.2) is 5.69 Å². The lowest BCUT2D eigenvalue weighted by Gasteiger charge is -2.32. The molecule has 0 bridgehead atoms. The van der Waals surface area contributed by atoms with Crippen molar-refractivity contribution >= 4 is 5.69 Å². The van der Waals surface area contributed by atoms with Crippen LogP contribution in [0.3, 0.4) is 0 Å². The second kappa shape index (κ2) is 4.04. The Kier molecular flexibility index (Phi) is 2.75. The highest BCUT2D eigenvalue weighted by molar-refractivity contribution is 5.56. The average molecular weight is 200 g/mol. The van der Waals surface area contributed by atoms with Gasteiger partial charge in [-0.15, -0.1) is 0 Å². The van der Waals surface area contributed by atoms with Crippen LogP contribution in [0.15, 0.2) is 18.2 Å². The van der Waals surface area contributed by atoms with E-state index in [1.54, 1.807) is 0 Å². The highest BCUT2D eigenvalue weighted by Crippen LogP contribution is 2.29. The van der Waals surface area contributed by atoms with Gasteiger partial charge in [0.1, 0.15) is 0 Å². The molecule has 0 aromatic heterocycles. The zero-order valence-electron chi connectivity index (χ0n) is 9.33. The normalized spacial score (nSPS) is 16.1. The molecule has 0 fully saturated rings. The van der Waals surface area contributed by atoms with Gasteiger partial charge in [0.2, 0.25) is 0 Å². The van der Waals surface area contributed by atoms with E-state index in [4.69, 9.17) is 6.57 Å². The molecule has 0 saturated carbocycles. The summed E-state index contributed by atoms with van der Waals surface area (Å²) in [6.45, 7) is 13.6. The maximum Gasteiger partial charge on any atom is 0.191 e. The van der Waals surface area contributed by atoms with Crippen LogP contribution in [0.4, 0.5) is 5.69 Å². The summed E-state index contributed by atoms with van der Waals surface area (Å²) in [5.41, 5.74) is 3.44. The van der Waals surface area contributed by atoms with Crippen LogP contribution in [0.25, 0.3) is 4.85 Å². The van der Waals surface area contributed by atoms with E-state index in [1.165, 1.54) is 11.1 Å². The Hall–Kier alpha value is -1.33. The van der Waals surface area contributed by atoms with E-state index in [9.17, 15) is 0 Å². The van der Waals surface area contributed by atoms with Gasteiger partial charge < -0.3 is 0 Å². The third kappa shape index (κ3) is 1.88. The maximum absolute atomic E-state index is 7.16. The first kappa shape index (κ1) is 10.2. The molecule has 0 spiro atoms. The third-order valence-electron chi connectivity index (χ3n) is 3.13. The Bertz CT molecular complexity index is 401. The van der Waals surface area contributed by atoms with E-state index in [2.05, 4.69) is 29.7 Å². The smallest absolute Gasteiger partial charge is 0.191 e. The molecule has 0 radical (unpaired) electrons. The minimum absolute atomic E-state index is 0.567. The molecule has 0 saturated heterocycles. The molecule has 15 heavy (non-hydrogen) atoms. The first-order chi connectivity index (χ1) is 7.22. The summed E-state index contributed by atoms with van der Waals surface area (Å²) in [7, 11) is 0. The molecule has 0 amide bonds. The predicted molar refractivity (Wildman–Crippen MR) is 62.0 cm³/mol. The van der Waals surface area contributed by atoms with Crippen molar-refractivity contribution in [2.75, 3.05) is 6.54 Å². The van der Waals surface area contributed by atoms with Crippen molar-refractivity contribution in [2.24, 2.45) is 0 Å². The topological polar surface area (TPSA) is 7.60 Å². The number of hydrogen-bond acceptors (Lipinski definition) is 1. The molecule has 2 rings (SSSR count). The monoisotopic (exact) mass is 200 g/mol. The van der Waals surface area contributed by atoms with Gasteiger partial charge in [-0.3, -0.25) is 4.90 Å². The Morgan fingerprint density at radius 3 is 2.87 bits per heavy atom. The van der Waals surface area contributed by atoms with E-state index < -0.39 is 0 Å². The highest BCUT2D eigenvalue weighted by Gasteiger charge is 2.20. The summed E-state index contributed by atoms with van der Waals surface area (Å²) in [5, 5.41) is 0. The Morgan fingerprint density at radius 2 is 2.20 bits per heavy atom. The van der Waals surface area contributed by atoms with Crippen molar-refractivity contribution in [2.45, 2.75) is 32.9 Å².